The number of rotatable bonds is 2. The predicted octanol–water partition coefficient (Wildman–Crippen LogP) is 2.76. The van der Waals surface area contributed by atoms with E-state index in [0.717, 1.165) is 5.56 Å². The normalized spacial score (nSPS) is 9.71. The summed E-state index contributed by atoms with van der Waals surface area (Å²) >= 11 is 0. The molecule has 0 spiro atoms. The molecule has 0 atom stereocenters. The van der Waals surface area contributed by atoms with Gasteiger partial charge in [0, 0.05) is 0 Å². The lowest BCUT2D eigenvalue weighted by molar-refractivity contribution is 0.562. The number of benzene rings is 1. The van der Waals surface area contributed by atoms with Gasteiger partial charge in [-0.25, -0.2) is 9.79 Å². The lowest BCUT2D eigenvalue weighted by Gasteiger charge is -2.12. The van der Waals surface area contributed by atoms with Gasteiger partial charge < -0.3 is 0 Å². The molecule has 0 aliphatic carbocycles. The van der Waals surface area contributed by atoms with E-state index in [1.807, 2.05) is 0 Å². The first-order valence-corrected chi connectivity index (χ1v) is 4.67. The van der Waals surface area contributed by atoms with Crippen LogP contribution >= 0.6 is 0 Å². The van der Waals surface area contributed by atoms with Crippen molar-refractivity contribution in [2.75, 3.05) is 0 Å². The lowest BCUT2D eigenvalue weighted by atomic mass is 9.94. The first-order valence-electron chi connectivity index (χ1n) is 4.67. The van der Waals surface area contributed by atoms with E-state index < -0.39 is 0 Å². The highest BCUT2D eigenvalue weighted by Gasteiger charge is 2.07. The molecule has 0 aliphatic rings. The van der Waals surface area contributed by atoms with Crippen molar-refractivity contribution in [2.24, 2.45) is 4.99 Å². The number of hydrogen-bond acceptors (Lipinski definition) is 2. The van der Waals surface area contributed by atoms with Crippen LogP contribution in [0.25, 0.3) is 0 Å². The Kier molecular flexibility index (Phi) is 3.21. The molecule has 2 heteroatoms. The third kappa shape index (κ3) is 1.91. The van der Waals surface area contributed by atoms with Crippen LogP contribution in [0.15, 0.2) is 11.1 Å². The van der Waals surface area contributed by atoms with E-state index in [0.29, 0.717) is 6.54 Å². The molecule has 0 amide bonds. The number of carbonyl (C=O) groups excluding carboxylic acids is 1. The molecular formula is C12H15NO. The van der Waals surface area contributed by atoms with E-state index in [-0.39, 0.29) is 0 Å². The van der Waals surface area contributed by atoms with Crippen molar-refractivity contribution in [3.8, 4) is 0 Å². The van der Waals surface area contributed by atoms with E-state index in [1.165, 1.54) is 22.3 Å². The zero-order chi connectivity index (χ0) is 10.7. The topological polar surface area (TPSA) is 29.4 Å². The second-order valence-electron chi connectivity index (χ2n) is 3.65. The van der Waals surface area contributed by atoms with Crippen molar-refractivity contribution in [3.63, 3.8) is 0 Å². The van der Waals surface area contributed by atoms with Crippen molar-refractivity contribution < 1.29 is 4.79 Å². The molecule has 0 saturated heterocycles. The molecule has 0 bridgehead atoms. The van der Waals surface area contributed by atoms with Gasteiger partial charge in [-0.15, -0.1) is 0 Å². The lowest BCUT2D eigenvalue weighted by Crippen LogP contribution is -1.98. The predicted molar refractivity (Wildman–Crippen MR) is 57.2 cm³/mol. The van der Waals surface area contributed by atoms with Crippen LogP contribution < -0.4 is 0 Å². The van der Waals surface area contributed by atoms with Crippen molar-refractivity contribution in [1.29, 1.82) is 0 Å². The van der Waals surface area contributed by atoms with Gasteiger partial charge in [0.05, 0.1) is 6.54 Å². The van der Waals surface area contributed by atoms with Gasteiger partial charge in [0.2, 0.25) is 6.08 Å². The summed E-state index contributed by atoms with van der Waals surface area (Å²) in [5.74, 6) is 0. The van der Waals surface area contributed by atoms with E-state index >= 15 is 0 Å². The zero-order valence-electron chi connectivity index (χ0n) is 9.14. The smallest absolute Gasteiger partial charge is 0.211 e. The van der Waals surface area contributed by atoms with Gasteiger partial charge in [0.15, 0.2) is 0 Å². The number of aliphatic imine (C=N–C) groups is 1. The Morgan fingerprint density at radius 1 is 1.14 bits per heavy atom. The standard InChI is InChI=1S/C12H15NO/c1-8-5-9(2)11(4)12(10(8)3)6-13-7-14/h5H,6H2,1-4H3. The molecule has 0 unspecified atom stereocenters. The van der Waals surface area contributed by atoms with Crippen molar-refractivity contribution >= 4 is 6.08 Å². The number of aryl methyl sites for hydroxylation is 2. The minimum absolute atomic E-state index is 0.448. The summed E-state index contributed by atoms with van der Waals surface area (Å²) < 4.78 is 0. The minimum Gasteiger partial charge on any atom is -0.211 e. The fraction of sp³-hybridized carbons (Fsp3) is 0.417. The summed E-state index contributed by atoms with van der Waals surface area (Å²) in [4.78, 5) is 13.7. The van der Waals surface area contributed by atoms with Crippen LogP contribution in [-0.4, -0.2) is 6.08 Å². The summed E-state index contributed by atoms with van der Waals surface area (Å²) in [6.07, 6.45) is 1.58. The van der Waals surface area contributed by atoms with Gasteiger partial charge in [-0.2, -0.15) is 0 Å². The summed E-state index contributed by atoms with van der Waals surface area (Å²) in [5, 5.41) is 0. The molecule has 0 radical (unpaired) electrons. The second kappa shape index (κ2) is 4.21. The van der Waals surface area contributed by atoms with Crippen LogP contribution in [0.4, 0.5) is 0 Å². The summed E-state index contributed by atoms with van der Waals surface area (Å²) in [6, 6.07) is 2.17. The largest absolute Gasteiger partial charge is 0.235 e. The Hall–Kier alpha value is -1.40. The molecule has 2 nitrogen and oxygen atoms in total. The highest BCUT2D eigenvalue weighted by atomic mass is 16.1. The van der Waals surface area contributed by atoms with Crippen LogP contribution in [-0.2, 0) is 11.3 Å². The molecule has 74 valence electrons. The first-order chi connectivity index (χ1) is 6.57. The first kappa shape index (κ1) is 10.7. The zero-order valence-corrected chi connectivity index (χ0v) is 9.14. The molecule has 1 aromatic rings. The second-order valence-corrected chi connectivity index (χ2v) is 3.65. The van der Waals surface area contributed by atoms with Gasteiger partial charge in [-0.05, 0) is 55.5 Å². The van der Waals surface area contributed by atoms with E-state index in [9.17, 15) is 4.79 Å². The Labute approximate surface area is 84.7 Å². The van der Waals surface area contributed by atoms with E-state index in [2.05, 4.69) is 38.8 Å². The van der Waals surface area contributed by atoms with E-state index in [4.69, 9.17) is 0 Å². The van der Waals surface area contributed by atoms with Crippen molar-refractivity contribution in [2.45, 2.75) is 34.2 Å². The van der Waals surface area contributed by atoms with Gasteiger partial charge in [-0.3, -0.25) is 0 Å². The Bertz CT molecular complexity index is 375. The summed E-state index contributed by atoms with van der Waals surface area (Å²) in [7, 11) is 0. The molecule has 0 N–H and O–H groups in total. The highest BCUT2D eigenvalue weighted by molar-refractivity contribution is 5.45. The Morgan fingerprint density at radius 2 is 1.64 bits per heavy atom. The molecule has 0 aromatic heterocycles. The van der Waals surface area contributed by atoms with Crippen molar-refractivity contribution in [1.82, 2.24) is 0 Å². The quantitative estimate of drug-likeness (QED) is 0.519. The highest BCUT2D eigenvalue weighted by Crippen LogP contribution is 2.21. The van der Waals surface area contributed by atoms with Gasteiger partial charge in [0.1, 0.15) is 0 Å². The van der Waals surface area contributed by atoms with Gasteiger partial charge in [0.25, 0.3) is 0 Å². The number of hydrogen-bond donors (Lipinski definition) is 0. The molecule has 0 heterocycles. The average Bonchev–Trinajstić information content (AvgIpc) is 2.15. The van der Waals surface area contributed by atoms with E-state index in [1.54, 1.807) is 6.08 Å². The van der Waals surface area contributed by atoms with Gasteiger partial charge in [-0.1, -0.05) is 6.07 Å². The summed E-state index contributed by atoms with van der Waals surface area (Å²) in [5.41, 5.74) is 6.12. The summed E-state index contributed by atoms with van der Waals surface area (Å²) in [6.45, 7) is 8.74. The van der Waals surface area contributed by atoms with Crippen molar-refractivity contribution in [3.05, 3.63) is 33.9 Å². The maximum atomic E-state index is 10.1. The maximum Gasteiger partial charge on any atom is 0.235 e. The van der Waals surface area contributed by atoms with Crippen LogP contribution in [0.3, 0.4) is 0 Å². The molecule has 0 aliphatic heterocycles. The third-order valence-corrected chi connectivity index (χ3v) is 2.82. The monoisotopic (exact) mass is 189 g/mol. The Balaban J connectivity index is 3.31. The van der Waals surface area contributed by atoms with Crippen LogP contribution in [0.1, 0.15) is 27.8 Å². The number of isocyanates is 1. The fourth-order valence-electron chi connectivity index (χ4n) is 1.65. The minimum atomic E-state index is 0.448. The van der Waals surface area contributed by atoms with Gasteiger partial charge >= 0.3 is 0 Å². The molecule has 1 aromatic carbocycles. The molecule has 14 heavy (non-hydrogen) atoms. The maximum absolute atomic E-state index is 10.1. The van der Waals surface area contributed by atoms with Crippen LogP contribution in [0, 0.1) is 27.7 Å². The molecule has 0 saturated carbocycles. The third-order valence-electron chi connectivity index (χ3n) is 2.82. The van der Waals surface area contributed by atoms with Crippen LogP contribution in [0.5, 0.6) is 0 Å². The average molecular weight is 189 g/mol. The SMILES string of the molecule is Cc1cc(C)c(C)c(CN=C=O)c1C. The Morgan fingerprint density at radius 3 is 2.07 bits per heavy atom. The molecule has 0 fully saturated rings. The number of nitrogens with zero attached hydrogens (tertiary/aromatic N) is 1. The molecular weight excluding hydrogens is 174 g/mol. The van der Waals surface area contributed by atoms with Crippen LogP contribution in [0.2, 0.25) is 0 Å². The fourth-order valence-corrected chi connectivity index (χ4v) is 1.65. The molecule has 1 rings (SSSR count).